The lowest BCUT2D eigenvalue weighted by Crippen LogP contribution is -2.51. The van der Waals surface area contributed by atoms with Crippen LogP contribution in [0.4, 0.5) is 0 Å². The fraction of sp³-hybridized carbons (Fsp3) is 0.286. The average Bonchev–Trinajstić information content (AvgIpc) is 3.30. The third-order valence-corrected chi connectivity index (χ3v) is 7.15. The van der Waals surface area contributed by atoms with Crippen LogP contribution in [0.25, 0.3) is 0 Å². The Morgan fingerprint density at radius 1 is 1.03 bits per heavy atom. The number of hydrogen-bond donors (Lipinski definition) is 0. The second-order valence-corrected chi connectivity index (χ2v) is 9.02. The summed E-state index contributed by atoms with van der Waals surface area (Å²) < 4.78 is 27.0. The van der Waals surface area contributed by atoms with Crippen molar-refractivity contribution in [2.24, 2.45) is 5.16 Å². The number of rotatable bonds is 4. The number of nitriles is 1. The van der Waals surface area contributed by atoms with E-state index < -0.39 is 10.0 Å². The Kier molecular flexibility index (Phi) is 5.53. The minimum absolute atomic E-state index is 0.139. The Labute approximate surface area is 175 Å². The van der Waals surface area contributed by atoms with Gasteiger partial charge >= 0.3 is 0 Å². The van der Waals surface area contributed by atoms with Crippen LogP contribution in [0.2, 0.25) is 0 Å². The van der Waals surface area contributed by atoms with Crippen LogP contribution >= 0.6 is 0 Å². The van der Waals surface area contributed by atoms with Crippen LogP contribution in [0.15, 0.2) is 64.6 Å². The maximum Gasteiger partial charge on any atom is 0.271 e. The minimum Gasteiger partial charge on any atom is -0.387 e. The normalized spacial score (nSPS) is 19.6. The van der Waals surface area contributed by atoms with Gasteiger partial charge in [-0.15, -0.1) is 0 Å². The van der Waals surface area contributed by atoms with Gasteiger partial charge in [0, 0.05) is 32.6 Å². The maximum atomic E-state index is 12.8. The van der Waals surface area contributed by atoms with E-state index in [1.807, 2.05) is 36.4 Å². The molecule has 0 N–H and O–H groups in total. The standard InChI is InChI=1S/C21H20N4O4S/c22-15-16-6-8-18(9-7-16)30(27,28)25-12-10-24(11-13-25)21(26)19-14-20(29-23-19)17-4-2-1-3-5-17/h1-9,20H,10-14H2/t20-/m1/s1. The van der Waals surface area contributed by atoms with E-state index in [1.165, 1.54) is 28.6 Å². The van der Waals surface area contributed by atoms with Crippen LogP contribution in [0.5, 0.6) is 0 Å². The molecular formula is C21H20N4O4S. The molecule has 2 aliphatic rings. The van der Waals surface area contributed by atoms with Crippen LogP contribution in [-0.4, -0.2) is 55.4 Å². The van der Waals surface area contributed by atoms with Gasteiger partial charge in [-0.25, -0.2) is 8.42 Å². The van der Waals surface area contributed by atoms with Gasteiger partial charge in [0.15, 0.2) is 6.10 Å². The fourth-order valence-corrected chi connectivity index (χ4v) is 4.94. The van der Waals surface area contributed by atoms with E-state index >= 15 is 0 Å². The van der Waals surface area contributed by atoms with E-state index in [-0.39, 0.29) is 43.1 Å². The molecule has 2 heterocycles. The molecular weight excluding hydrogens is 404 g/mol. The maximum absolute atomic E-state index is 12.8. The lowest BCUT2D eigenvalue weighted by atomic mass is 10.0. The van der Waals surface area contributed by atoms with E-state index in [1.54, 1.807) is 4.90 Å². The highest BCUT2D eigenvalue weighted by Crippen LogP contribution is 2.28. The van der Waals surface area contributed by atoms with Crippen molar-refractivity contribution in [3.8, 4) is 6.07 Å². The molecule has 2 aromatic rings. The summed E-state index contributed by atoms with van der Waals surface area (Å²) in [4.78, 5) is 20.0. The van der Waals surface area contributed by atoms with Gasteiger partial charge in [-0.2, -0.15) is 9.57 Å². The molecule has 0 aliphatic carbocycles. The van der Waals surface area contributed by atoms with E-state index in [2.05, 4.69) is 5.16 Å². The number of hydrogen-bond acceptors (Lipinski definition) is 6. The molecule has 0 unspecified atom stereocenters. The van der Waals surface area contributed by atoms with Crippen molar-refractivity contribution in [1.82, 2.24) is 9.21 Å². The van der Waals surface area contributed by atoms with Crippen LogP contribution in [0.3, 0.4) is 0 Å². The van der Waals surface area contributed by atoms with Crippen LogP contribution in [0.1, 0.15) is 23.7 Å². The summed E-state index contributed by atoms with van der Waals surface area (Å²) in [5, 5.41) is 12.8. The van der Waals surface area contributed by atoms with Gasteiger partial charge in [0.05, 0.1) is 16.5 Å². The van der Waals surface area contributed by atoms with Crippen molar-refractivity contribution >= 4 is 21.6 Å². The first kappa shape index (κ1) is 20.1. The predicted molar refractivity (Wildman–Crippen MR) is 109 cm³/mol. The zero-order valence-electron chi connectivity index (χ0n) is 16.1. The smallest absolute Gasteiger partial charge is 0.271 e. The highest BCUT2D eigenvalue weighted by atomic mass is 32.2. The summed E-state index contributed by atoms with van der Waals surface area (Å²) in [6.07, 6.45) is 0.121. The van der Waals surface area contributed by atoms with E-state index in [0.29, 0.717) is 17.7 Å². The topological polar surface area (TPSA) is 103 Å². The second kappa shape index (κ2) is 8.26. The molecule has 9 heteroatoms. The van der Waals surface area contributed by atoms with Crippen molar-refractivity contribution in [3.63, 3.8) is 0 Å². The van der Waals surface area contributed by atoms with Crippen LogP contribution in [-0.2, 0) is 19.7 Å². The first-order valence-corrected chi connectivity index (χ1v) is 11.0. The van der Waals surface area contributed by atoms with Gasteiger partial charge in [-0.1, -0.05) is 35.5 Å². The highest BCUT2D eigenvalue weighted by molar-refractivity contribution is 7.89. The SMILES string of the molecule is N#Cc1ccc(S(=O)(=O)N2CCN(C(=O)C3=NO[C@@H](c4ccccc4)C3)CC2)cc1. The highest BCUT2D eigenvalue weighted by Gasteiger charge is 2.34. The Balaban J connectivity index is 1.36. The Bertz CT molecular complexity index is 1100. The Morgan fingerprint density at radius 2 is 1.70 bits per heavy atom. The molecule has 0 radical (unpaired) electrons. The van der Waals surface area contributed by atoms with E-state index in [9.17, 15) is 13.2 Å². The predicted octanol–water partition coefficient (Wildman–Crippen LogP) is 1.91. The Morgan fingerprint density at radius 3 is 2.33 bits per heavy atom. The zero-order chi connectivity index (χ0) is 21.1. The molecule has 1 amide bonds. The molecule has 0 saturated carbocycles. The van der Waals surface area contributed by atoms with Crippen molar-refractivity contribution in [2.45, 2.75) is 17.4 Å². The fourth-order valence-electron chi connectivity index (χ4n) is 3.51. The van der Waals surface area contributed by atoms with E-state index in [4.69, 9.17) is 10.1 Å². The lowest BCUT2D eigenvalue weighted by Gasteiger charge is -2.33. The van der Waals surface area contributed by atoms with Crippen molar-refractivity contribution in [3.05, 3.63) is 65.7 Å². The molecule has 4 rings (SSSR count). The quantitative estimate of drug-likeness (QED) is 0.746. The summed E-state index contributed by atoms with van der Waals surface area (Å²) in [6.45, 7) is 0.960. The number of piperazine rings is 1. The number of sulfonamides is 1. The van der Waals surface area contributed by atoms with E-state index in [0.717, 1.165) is 5.56 Å². The lowest BCUT2D eigenvalue weighted by molar-refractivity contribution is -0.125. The molecule has 0 spiro atoms. The summed E-state index contributed by atoms with van der Waals surface area (Å²) in [7, 11) is -3.67. The first-order valence-electron chi connectivity index (χ1n) is 9.56. The number of nitrogens with zero attached hydrogens (tertiary/aromatic N) is 4. The van der Waals surface area contributed by atoms with Gasteiger partial charge in [-0.3, -0.25) is 4.79 Å². The largest absolute Gasteiger partial charge is 0.387 e. The molecule has 1 fully saturated rings. The number of benzene rings is 2. The zero-order valence-corrected chi connectivity index (χ0v) is 17.0. The van der Waals surface area contributed by atoms with Gasteiger partial charge in [0.25, 0.3) is 5.91 Å². The third-order valence-electron chi connectivity index (χ3n) is 5.23. The number of carbonyl (C=O) groups excluding carboxylic acids is 1. The molecule has 0 bridgehead atoms. The number of carbonyl (C=O) groups is 1. The van der Waals surface area contributed by atoms with Gasteiger partial charge < -0.3 is 9.74 Å². The third kappa shape index (κ3) is 3.92. The van der Waals surface area contributed by atoms with Gasteiger partial charge in [0.1, 0.15) is 5.71 Å². The van der Waals surface area contributed by atoms with Crippen LogP contribution in [0, 0.1) is 11.3 Å². The Hall–Kier alpha value is -3.22. The molecule has 154 valence electrons. The van der Waals surface area contributed by atoms with Crippen molar-refractivity contribution in [1.29, 1.82) is 5.26 Å². The monoisotopic (exact) mass is 424 g/mol. The molecule has 1 saturated heterocycles. The van der Waals surface area contributed by atoms with Crippen molar-refractivity contribution < 1.29 is 18.0 Å². The molecule has 8 nitrogen and oxygen atoms in total. The molecule has 0 aromatic heterocycles. The van der Waals surface area contributed by atoms with Gasteiger partial charge in [0.2, 0.25) is 10.0 Å². The summed E-state index contributed by atoms with van der Waals surface area (Å²) in [5.74, 6) is -0.219. The first-order chi connectivity index (χ1) is 14.5. The number of oxime groups is 1. The summed E-state index contributed by atoms with van der Waals surface area (Å²) in [5.41, 5.74) is 1.72. The summed E-state index contributed by atoms with van der Waals surface area (Å²) in [6, 6.07) is 17.4. The van der Waals surface area contributed by atoms with Crippen molar-refractivity contribution in [2.75, 3.05) is 26.2 Å². The molecule has 2 aliphatic heterocycles. The molecule has 30 heavy (non-hydrogen) atoms. The average molecular weight is 424 g/mol. The second-order valence-electron chi connectivity index (χ2n) is 7.08. The van der Waals surface area contributed by atoms with Crippen LogP contribution < -0.4 is 0 Å². The number of amides is 1. The minimum atomic E-state index is -3.67. The summed E-state index contributed by atoms with van der Waals surface area (Å²) >= 11 is 0. The molecule has 1 atom stereocenters. The molecule has 2 aromatic carbocycles. The van der Waals surface area contributed by atoms with Gasteiger partial charge in [-0.05, 0) is 29.8 Å².